The Morgan fingerprint density at radius 3 is 2.80 bits per heavy atom. The van der Waals surface area contributed by atoms with Gasteiger partial charge in [-0.2, -0.15) is 11.0 Å². The topological polar surface area (TPSA) is 89.7 Å². The number of carbonyl (C=O) groups excluding carboxylic acids is 1. The van der Waals surface area contributed by atoms with Crippen molar-refractivity contribution in [1.29, 1.82) is 0 Å². The van der Waals surface area contributed by atoms with Gasteiger partial charge in [-0.1, -0.05) is 6.92 Å². The van der Waals surface area contributed by atoms with Crippen molar-refractivity contribution in [2.75, 3.05) is 13.6 Å². The number of amides is 1. The minimum absolute atomic E-state index is 0.128. The maximum Gasteiger partial charge on any atom is 0.240 e. The van der Waals surface area contributed by atoms with Gasteiger partial charge in [0.25, 0.3) is 0 Å². The van der Waals surface area contributed by atoms with Crippen molar-refractivity contribution in [1.82, 2.24) is 32.1 Å². The molecule has 25 heavy (non-hydrogen) atoms. The van der Waals surface area contributed by atoms with Crippen LogP contribution in [0.2, 0.25) is 0 Å². The molecule has 0 radical (unpaired) electrons. The van der Waals surface area contributed by atoms with E-state index in [9.17, 15) is 4.79 Å². The van der Waals surface area contributed by atoms with E-state index < -0.39 is 0 Å². The zero-order valence-corrected chi connectivity index (χ0v) is 15.3. The van der Waals surface area contributed by atoms with Gasteiger partial charge >= 0.3 is 0 Å². The predicted octanol–water partition coefficient (Wildman–Crippen LogP) is -0.193. The monoisotopic (exact) mass is 352 g/mol. The molecule has 2 aliphatic carbocycles. The van der Waals surface area contributed by atoms with Crippen LogP contribution in [0.15, 0.2) is 0 Å². The summed E-state index contributed by atoms with van der Waals surface area (Å²) in [7, 11) is 1.94. The maximum absolute atomic E-state index is 12.5. The molecule has 142 valence electrons. The third-order valence-corrected chi connectivity index (χ3v) is 6.52. The number of rotatable bonds is 4. The molecule has 0 bridgehead atoms. The molecule has 5 N–H and O–H groups in total. The minimum Gasteiger partial charge on any atom is -0.352 e. The summed E-state index contributed by atoms with van der Waals surface area (Å²) in [6.45, 7) is 2.84. The first kappa shape index (κ1) is 17.6. The van der Waals surface area contributed by atoms with Gasteiger partial charge < -0.3 is 5.32 Å². The molecule has 2 saturated heterocycles. The average molecular weight is 352 g/mol. The number of nitrogens with one attached hydrogen (secondary N) is 5. The fourth-order valence-corrected chi connectivity index (χ4v) is 5.12. The Bertz CT molecular complexity index is 492. The third kappa shape index (κ3) is 3.70. The molecule has 4 aliphatic rings. The highest BCUT2D eigenvalue weighted by atomic mass is 16.7. The molecule has 4 fully saturated rings. The Morgan fingerprint density at radius 1 is 1.24 bits per heavy atom. The van der Waals surface area contributed by atoms with Gasteiger partial charge in [-0.3, -0.25) is 14.9 Å². The highest BCUT2D eigenvalue weighted by molar-refractivity contribution is 5.82. The molecule has 2 saturated carbocycles. The number of hydrogen-bond donors (Lipinski definition) is 5. The molecule has 0 aromatic carbocycles. The van der Waals surface area contributed by atoms with E-state index in [2.05, 4.69) is 34.0 Å². The zero-order chi connectivity index (χ0) is 17.4. The number of likely N-dealkylation sites (N-methyl/N-ethyl adjacent to an activating group) is 1. The third-order valence-electron chi connectivity index (χ3n) is 6.52. The Labute approximate surface area is 149 Å². The molecule has 6 unspecified atom stereocenters. The number of hydroxylamine groups is 1. The Kier molecular flexibility index (Phi) is 5.26. The van der Waals surface area contributed by atoms with Crippen LogP contribution in [-0.2, 0) is 9.63 Å². The second-order valence-electron chi connectivity index (χ2n) is 8.16. The normalized spacial score (nSPS) is 44.8. The van der Waals surface area contributed by atoms with Gasteiger partial charge in [0.2, 0.25) is 5.91 Å². The van der Waals surface area contributed by atoms with Crippen molar-refractivity contribution in [2.24, 2.45) is 17.8 Å². The first-order chi connectivity index (χ1) is 12.1. The highest BCUT2D eigenvalue weighted by Gasteiger charge is 2.44. The Morgan fingerprint density at radius 2 is 2.08 bits per heavy atom. The van der Waals surface area contributed by atoms with Crippen LogP contribution in [0.4, 0.5) is 0 Å². The lowest BCUT2D eigenvalue weighted by Gasteiger charge is -2.36. The first-order valence-corrected chi connectivity index (χ1v) is 9.84. The van der Waals surface area contributed by atoms with Gasteiger partial charge in [0.15, 0.2) is 0 Å². The summed E-state index contributed by atoms with van der Waals surface area (Å²) in [6.07, 6.45) is 7.38. The maximum atomic E-state index is 12.5. The van der Waals surface area contributed by atoms with Gasteiger partial charge in [0, 0.05) is 19.6 Å². The number of nitrogens with zero attached hydrogens (tertiary/aromatic N) is 1. The molecule has 4 rings (SSSR count). The van der Waals surface area contributed by atoms with Crippen LogP contribution in [0.3, 0.4) is 0 Å². The van der Waals surface area contributed by atoms with Gasteiger partial charge in [-0.15, -0.1) is 0 Å². The molecule has 7 atom stereocenters. The standard InChI is InChI=1S/C17H32N6O2/c1-3-15-19-16(21-25-15)11-4-6-12-10(8-11)5-7-13(12)18-17(24)14-9-23(2)22-20-14/h10-16,19-22H,3-9H2,1-2H3,(H,18,24)/t10?,11?,12?,13-,14?,15?,16?/m1/s1. The molecular formula is C17H32N6O2. The van der Waals surface area contributed by atoms with Crippen molar-refractivity contribution < 1.29 is 9.63 Å². The molecule has 0 spiro atoms. The fraction of sp³-hybridized carbons (Fsp3) is 0.941. The number of carbonyl (C=O) groups is 1. The summed E-state index contributed by atoms with van der Waals surface area (Å²) in [5, 5.41) is 8.77. The van der Waals surface area contributed by atoms with E-state index in [1.54, 1.807) is 0 Å². The van der Waals surface area contributed by atoms with Crippen molar-refractivity contribution in [2.45, 2.75) is 69.9 Å². The van der Waals surface area contributed by atoms with E-state index in [4.69, 9.17) is 4.84 Å². The van der Waals surface area contributed by atoms with Gasteiger partial charge in [0.1, 0.15) is 12.3 Å². The average Bonchev–Trinajstić information content (AvgIpc) is 3.34. The number of fused-ring (bicyclic) bond motifs is 1. The minimum atomic E-state index is -0.157. The number of hydrazine groups is 2. The van der Waals surface area contributed by atoms with E-state index in [-0.39, 0.29) is 24.3 Å². The van der Waals surface area contributed by atoms with Gasteiger partial charge in [-0.25, -0.2) is 10.4 Å². The summed E-state index contributed by atoms with van der Waals surface area (Å²) in [5.74, 6) is 2.12. The Balaban J connectivity index is 1.28. The molecule has 0 aromatic rings. The molecule has 0 aromatic heterocycles. The lowest BCUT2D eigenvalue weighted by molar-refractivity contribution is -0.123. The molecular weight excluding hydrogens is 320 g/mol. The molecule has 2 heterocycles. The summed E-state index contributed by atoms with van der Waals surface area (Å²) in [5.41, 5.74) is 9.20. The molecule has 8 heteroatoms. The number of hydrogen-bond acceptors (Lipinski definition) is 7. The zero-order valence-electron chi connectivity index (χ0n) is 15.3. The van der Waals surface area contributed by atoms with Crippen LogP contribution >= 0.6 is 0 Å². The van der Waals surface area contributed by atoms with E-state index in [0.29, 0.717) is 24.4 Å². The van der Waals surface area contributed by atoms with Crippen LogP contribution < -0.4 is 27.1 Å². The van der Waals surface area contributed by atoms with Crippen molar-refractivity contribution in [3.63, 3.8) is 0 Å². The van der Waals surface area contributed by atoms with Crippen LogP contribution in [-0.4, -0.2) is 49.0 Å². The van der Waals surface area contributed by atoms with Crippen LogP contribution in [0.25, 0.3) is 0 Å². The van der Waals surface area contributed by atoms with E-state index in [0.717, 1.165) is 18.8 Å². The molecule has 2 aliphatic heterocycles. The predicted molar refractivity (Wildman–Crippen MR) is 93.4 cm³/mol. The van der Waals surface area contributed by atoms with E-state index in [1.165, 1.54) is 25.7 Å². The first-order valence-electron chi connectivity index (χ1n) is 9.84. The summed E-state index contributed by atoms with van der Waals surface area (Å²) in [6, 6.07) is 0.186. The van der Waals surface area contributed by atoms with Gasteiger partial charge in [-0.05, 0) is 56.3 Å². The van der Waals surface area contributed by atoms with Crippen LogP contribution in [0, 0.1) is 17.8 Å². The lowest BCUT2D eigenvalue weighted by Crippen LogP contribution is -2.50. The second kappa shape index (κ2) is 7.46. The smallest absolute Gasteiger partial charge is 0.240 e. The SMILES string of the molecule is CCC1NC(C2CCC3C(CC[C@H]3NC(=O)C3CN(C)NN3)C2)NO1. The van der Waals surface area contributed by atoms with Crippen molar-refractivity contribution >= 4 is 5.91 Å². The quantitative estimate of drug-likeness (QED) is 0.479. The highest BCUT2D eigenvalue weighted by Crippen LogP contribution is 2.45. The fourth-order valence-electron chi connectivity index (χ4n) is 5.12. The largest absolute Gasteiger partial charge is 0.352 e. The van der Waals surface area contributed by atoms with Gasteiger partial charge in [0.05, 0.1) is 6.17 Å². The van der Waals surface area contributed by atoms with Crippen LogP contribution in [0.5, 0.6) is 0 Å². The Hall–Kier alpha value is -0.770. The lowest BCUT2D eigenvalue weighted by atomic mass is 9.74. The molecule has 1 amide bonds. The summed E-state index contributed by atoms with van der Waals surface area (Å²) < 4.78 is 0. The van der Waals surface area contributed by atoms with Crippen molar-refractivity contribution in [3.05, 3.63) is 0 Å². The summed E-state index contributed by atoms with van der Waals surface area (Å²) in [4.78, 5) is 18.1. The van der Waals surface area contributed by atoms with E-state index >= 15 is 0 Å². The van der Waals surface area contributed by atoms with Crippen LogP contribution in [0.1, 0.15) is 45.4 Å². The van der Waals surface area contributed by atoms with Crippen molar-refractivity contribution in [3.8, 4) is 0 Å². The second-order valence-corrected chi connectivity index (χ2v) is 8.16. The molecule has 8 nitrogen and oxygen atoms in total. The summed E-state index contributed by atoms with van der Waals surface area (Å²) >= 11 is 0. The van der Waals surface area contributed by atoms with E-state index in [1.807, 2.05) is 12.1 Å².